The molecule has 51 heavy (non-hydrogen) atoms. The highest BCUT2D eigenvalue weighted by molar-refractivity contribution is 6.14. The molecule has 5 heterocycles. The summed E-state index contributed by atoms with van der Waals surface area (Å²) >= 11 is 0. The van der Waals surface area contributed by atoms with Crippen molar-refractivity contribution in [1.82, 2.24) is 19.9 Å². The van der Waals surface area contributed by atoms with Crippen molar-refractivity contribution in [2.75, 3.05) is 0 Å². The predicted octanol–water partition coefficient (Wildman–Crippen LogP) is 6.00. The van der Waals surface area contributed by atoms with Crippen LogP contribution in [0, 0.1) is 0 Å². The summed E-state index contributed by atoms with van der Waals surface area (Å²) in [6, 6.07) is 55.1. The van der Waals surface area contributed by atoms with E-state index >= 15 is 0 Å². The minimum atomic E-state index is -1.04. The Morgan fingerprint density at radius 3 is 1.29 bits per heavy atom. The maximum absolute atomic E-state index is 13.2. The molecule has 1 aliphatic rings. The molecule has 9 rings (SSSR count). The molecule has 1 aliphatic heterocycles. The van der Waals surface area contributed by atoms with Crippen LogP contribution in [0.3, 0.4) is 0 Å². The van der Waals surface area contributed by atoms with Gasteiger partial charge in [0.25, 0.3) is 0 Å². The lowest BCUT2D eigenvalue weighted by molar-refractivity contribution is -0.130. The molecule has 4 aromatic heterocycles. The maximum atomic E-state index is 13.2. The molecule has 0 atom stereocenters. The van der Waals surface area contributed by atoms with Crippen LogP contribution in [0.4, 0.5) is 0 Å². The summed E-state index contributed by atoms with van der Waals surface area (Å²) in [5, 5.41) is 13.9. The zero-order valence-electron chi connectivity index (χ0n) is 27.4. The predicted molar refractivity (Wildman–Crippen MR) is 201 cm³/mol. The van der Waals surface area contributed by atoms with Crippen LogP contribution in [0.25, 0.3) is 33.4 Å². The lowest BCUT2D eigenvalue weighted by Gasteiger charge is -2.10. The van der Waals surface area contributed by atoms with Gasteiger partial charge in [0.1, 0.15) is 5.57 Å². The molecular formula is C45H32N4O2. The number of carbonyl (C=O) groups is 1. The van der Waals surface area contributed by atoms with Gasteiger partial charge in [-0.25, -0.2) is 4.79 Å². The molecule has 0 amide bonds. The van der Waals surface area contributed by atoms with Crippen LogP contribution in [0.1, 0.15) is 39.5 Å². The quantitative estimate of drug-likeness (QED) is 0.156. The Bertz CT molecular complexity index is 2800. The first-order chi connectivity index (χ1) is 25.1. The van der Waals surface area contributed by atoms with E-state index in [2.05, 4.69) is 105 Å². The first-order valence-corrected chi connectivity index (χ1v) is 16.9. The lowest BCUT2D eigenvalue weighted by Crippen LogP contribution is -2.21. The van der Waals surface area contributed by atoms with E-state index in [4.69, 9.17) is 0 Å². The number of benzene rings is 4. The Kier molecular flexibility index (Phi) is 7.33. The topological polar surface area (TPSA) is 100 Å². The largest absolute Gasteiger partial charge is 0.478 e. The zero-order valence-corrected chi connectivity index (χ0v) is 27.4. The van der Waals surface area contributed by atoms with E-state index in [9.17, 15) is 9.90 Å². The Morgan fingerprint density at radius 2 is 0.804 bits per heavy atom. The third-order valence-electron chi connectivity index (χ3n) is 9.50. The number of nitrogens with one attached hydrogen (secondary N) is 4. The normalized spacial score (nSPS) is 12.7. The minimum Gasteiger partial charge on any atom is -0.478 e. The summed E-state index contributed by atoms with van der Waals surface area (Å²) in [4.78, 5) is 27.9. The molecule has 0 saturated heterocycles. The molecule has 0 unspecified atom stereocenters. The molecule has 0 spiro atoms. The lowest BCUT2D eigenvalue weighted by atomic mass is 9.96. The van der Waals surface area contributed by atoms with Gasteiger partial charge >= 0.3 is 5.97 Å². The molecule has 5 N–H and O–H groups in total. The number of aliphatic carboxylic acids is 1. The Labute approximate surface area is 293 Å². The van der Waals surface area contributed by atoms with E-state index in [-0.39, 0.29) is 5.57 Å². The zero-order chi connectivity index (χ0) is 34.3. The second-order valence-corrected chi connectivity index (χ2v) is 12.6. The molecule has 4 aromatic carbocycles. The molecule has 0 saturated carbocycles. The monoisotopic (exact) mass is 660 g/mol. The number of hydrogen-bond donors (Lipinski definition) is 5. The molecule has 8 aromatic rings. The third-order valence-corrected chi connectivity index (χ3v) is 9.50. The Balaban J connectivity index is 1.48. The van der Waals surface area contributed by atoms with Gasteiger partial charge in [0.15, 0.2) is 0 Å². The van der Waals surface area contributed by atoms with E-state index in [1.807, 2.05) is 78.9 Å². The van der Waals surface area contributed by atoms with Crippen molar-refractivity contribution in [2.24, 2.45) is 0 Å². The van der Waals surface area contributed by atoms with Crippen LogP contribution in [-0.4, -0.2) is 31.0 Å². The highest BCUT2D eigenvalue weighted by Crippen LogP contribution is 2.34. The molecule has 0 radical (unpaired) electrons. The van der Waals surface area contributed by atoms with Gasteiger partial charge in [-0.1, -0.05) is 121 Å². The van der Waals surface area contributed by atoms with Crippen LogP contribution in [-0.2, 0) is 4.79 Å². The van der Waals surface area contributed by atoms with Gasteiger partial charge in [-0.2, -0.15) is 0 Å². The fourth-order valence-corrected chi connectivity index (χ4v) is 7.23. The molecule has 6 nitrogen and oxygen atoms in total. The first-order valence-electron chi connectivity index (χ1n) is 16.9. The van der Waals surface area contributed by atoms with Crippen LogP contribution < -0.4 is 21.4 Å². The fraction of sp³-hybridized carbons (Fsp3) is 0. The third kappa shape index (κ3) is 5.36. The van der Waals surface area contributed by atoms with E-state index in [1.54, 1.807) is 0 Å². The van der Waals surface area contributed by atoms with Crippen LogP contribution in [0.5, 0.6) is 0 Å². The van der Waals surface area contributed by atoms with Gasteiger partial charge in [-0.05, 0) is 64.7 Å². The number of carboxylic acids is 1. The average Bonchev–Trinajstić information content (AvgIpc) is 4.00. The van der Waals surface area contributed by atoms with Crippen molar-refractivity contribution in [3.63, 3.8) is 0 Å². The van der Waals surface area contributed by atoms with Crippen molar-refractivity contribution < 1.29 is 9.90 Å². The SMILES string of the molecule is O=C(O)C1=c2ccc([nH]2)=C(c2ccccc2)c2ccc([nH]2)C(c2ccccc2)=c2ccc([nH]2)=C(c2ccccc2)c2[nH]c1cc2-c1ccccc1. The summed E-state index contributed by atoms with van der Waals surface area (Å²) in [6.45, 7) is 0. The summed E-state index contributed by atoms with van der Waals surface area (Å²) in [7, 11) is 0. The van der Waals surface area contributed by atoms with E-state index in [1.165, 1.54) is 0 Å². The van der Waals surface area contributed by atoms with Crippen molar-refractivity contribution >= 4 is 28.3 Å². The van der Waals surface area contributed by atoms with Gasteiger partial charge in [-0.3, -0.25) is 0 Å². The second kappa shape index (κ2) is 12.4. The number of aromatic amines is 4. The highest BCUT2D eigenvalue weighted by atomic mass is 16.4. The number of hydrogen-bond acceptors (Lipinski definition) is 1. The summed E-state index contributed by atoms with van der Waals surface area (Å²) < 4.78 is 0. The smallest absolute Gasteiger partial charge is 0.339 e. The van der Waals surface area contributed by atoms with Crippen molar-refractivity contribution in [2.45, 2.75) is 0 Å². The van der Waals surface area contributed by atoms with Crippen molar-refractivity contribution in [3.05, 3.63) is 225 Å². The number of aromatic nitrogens is 4. The van der Waals surface area contributed by atoms with Gasteiger partial charge in [0, 0.05) is 49.7 Å². The Hall–Kier alpha value is -7.05. The van der Waals surface area contributed by atoms with Gasteiger partial charge in [0.2, 0.25) is 0 Å². The van der Waals surface area contributed by atoms with Crippen molar-refractivity contribution in [1.29, 1.82) is 0 Å². The number of rotatable bonds is 5. The number of fused-ring (bicyclic) bond motifs is 8. The highest BCUT2D eigenvalue weighted by Gasteiger charge is 2.23. The summed E-state index contributed by atoms with van der Waals surface area (Å²) in [6.07, 6.45) is 0. The fourth-order valence-electron chi connectivity index (χ4n) is 7.23. The van der Waals surface area contributed by atoms with Crippen LogP contribution in [0.2, 0.25) is 0 Å². The summed E-state index contributed by atoms with van der Waals surface area (Å²) in [5.74, 6) is -1.04. The van der Waals surface area contributed by atoms with E-state index < -0.39 is 5.97 Å². The number of H-pyrrole nitrogens is 4. The standard InChI is InChI=1S/C45H32N4O2/c50-45(51)43-38-26-24-36(48-38)41(30-17-9-3-10-18-30)34-22-21-33(46-34)40(29-15-7-2-8-16-29)35-23-25-37(47-35)42(31-19-11-4-12-20-31)44-32(27-39(43)49-44)28-13-5-1-6-14-28/h1-27,46-49H,(H,50,51). The van der Waals surface area contributed by atoms with Crippen LogP contribution in [0.15, 0.2) is 164 Å². The molecule has 0 aliphatic carbocycles. The van der Waals surface area contributed by atoms with E-state index in [0.29, 0.717) is 11.0 Å². The molecule has 0 fully saturated rings. The molecule has 6 heteroatoms. The van der Waals surface area contributed by atoms with Crippen LogP contribution >= 0.6 is 0 Å². The Morgan fingerprint density at radius 1 is 0.392 bits per heavy atom. The first kappa shape index (κ1) is 30.0. The molecular weight excluding hydrogens is 629 g/mol. The van der Waals surface area contributed by atoms with E-state index in [0.717, 1.165) is 77.7 Å². The summed E-state index contributed by atoms with van der Waals surface area (Å²) in [5.41, 5.74) is 11.1. The second-order valence-electron chi connectivity index (χ2n) is 12.6. The maximum Gasteiger partial charge on any atom is 0.339 e. The minimum absolute atomic E-state index is 0.149. The average molecular weight is 661 g/mol. The van der Waals surface area contributed by atoms with Gasteiger partial charge < -0.3 is 25.0 Å². The van der Waals surface area contributed by atoms with Crippen molar-refractivity contribution in [3.8, 4) is 11.1 Å². The molecule has 244 valence electrons. The van der Waals surface area contributed by atoms with Gasteiger partial charge in [-0.15, -0.1) is 0 Å². The number of carboxylic acid groups (broad SMARTS) is 1. The molecule has 8 bridgehead atoms. The van der Waals surface area contributed by atoms with Gasteiger partial charge in [0.05, 0.1) is 16.7 Å².